The number of aliphatic hydroxyl groups is 1. The van der Waals surface area contributed by atoms with E-state index in [0.717, 1.165) is 44.5 Å². The molecule has 0 fully saturated rings. The molecule has 0 unspecified atom stereocenters. The Balaban J connectivity index is 1.19. The molecular weight excluding hydrogens is 691 g/mol. The molecule has 0 atom stereocenters. The summed E-state index contributed by atoms with van der Waals surface area (Å²) < 4.78 is 0. The molecule has 0 heterocycles. The van der Waals surface area contributed by atoms with Crippen molar-refractivity contribution >= 4 is 51.1 Å². The summed E-state index contributed by atoms with van der Waals surface area (Å²) in [5, 5.41) is 12.2. The summed E-state index contributed by atoms with van der Waals surface area (Å²) in [5.74, 6) is 0. The predicted molar refractivity (Wildman–Crippen MR) is 243 cm³/mol. The fraction of sp³-hybridized carbons (Fsp3) is 0.0545. The lowest BCUT2D eigenvalue weighted by atomic mass is 9.94. The SMILES string of the molecule is Cc1ccc(C(=Cc2ccc(N(c3ccc(CO)cc3)c3ccc(/C=C/C=C(c4ccccc4)c4ccccc4)c4ccccc34)cc2)c2ccc(C)cc2)cc1. The van der Waals surface area contributed by atoms with Crippen LogP contribution >= 0.6 is 0 Å². The topological polar surface area (TPSA) is 23.5 Å². The number of aryl methyl sites for hydroxylation is 2. The van der Waals surface area contributed by atoms with Crippen molar-refractivity contribution in [2.24, 2.45) is 0 Å². The van der Waals surface area contributed by atoms with Crippen LogP contribution < -0.4 is 4.90 Å². The molecule has 2 heteroatoms. The van der Waals surface area contributed by atoms with Crippen molar-refractivity contribution in [2.75, 3.05) is 4.90 Å². The Morgan fingerprint density at radius 3 is 1.51 bits per heavy atom. The van der Waals surface area contributed by atoms with Gasteiger partial charge in [-0.25, -0.2) is 0 Å². The highest BCUT2D eigenvalue weighted by Crippen LogP contribution is 2.40. The summed E-state index contributed by atoms with van der Waals surface area (Å²) in [6.07, 6.45) is 8.86. The van der Waals surface area contributed by atoms with Gasteiger partial charge in [0, 0.05) is 16.8 Å². The van der Waals surface area contributed by atoms with Gasteiger partial charge in [-0.15, -0.1) is 0 Å². The van der Waals surface area contributed by atoms with Gasteiger partial charge in [0.25, 0.3) is 0 Å². The Labute approximate surface area is 336 Å². The Morgan fingerprint density at radius 1 is 0.474 bits per heavy atom. The minimum absolute atomic E-state index is 0.000276. The van der Waals surface area contributed by atoms with Crippen LogP contribution in [0.1, 0.15) is 50.1 Å². The standard InChI is InChI=1S/C55H45NO/c1-40-20-28-47(29-21-40)54(48-30-22-41(2)23-31-48)38-42-24-33-49(34-25-42)56(50-35-26-43(39-57)27-36-50)55-37-32-46(52-17-9-10-18-53(52)55)16-11-19-51(44-12-5-3-6-13-44)45-14-7-4-8-15-45/h3-38,57H,39H2,1-2H3/b16-11+. The third-order valence-corrected chi connectivity index (χ3v) is 10.4. The summed E-state index contributed by atoms with van der Waals surface area (Å²) in [6, 6.07) is 68.7. The van der Waals surface area contributed by atoms with E-state index in [1.54, 1.807) is 0 Å². The van der Waals surface area contributed by atoms with Crippen LogP contribution in [-0.4, -0.2) is 5.11 Å². The molecule has 1 N–H and O–H groups in total. The van der Waals surface area contributed by atoms with Crippen LogP contribution in [0.25, 0.3) is 34.1 Å². The number of anilines is 3. The average Bonchev–Trinajstić information content (AvgIpc) is 3.27. The Kier molecular flexibility index (Phi) is 11.2. The van der Waals surface area contributed by atoms with Crippen LogP contribution in [0.2, 0.25) is 0 Å². The number of nitrogens with zero attached hydrogens (tertiary/aromatic N) is 1. The molecule has 8 rings (SSSR count). The van der Waals surface area contributed by atoms with Gasteiger partial charge in [0.2, 0.25) is 0 Å². The van der Waals surface area contributed by atoms with Crippen LogP contribution in [-0.2, 0) is 6.61 Å². The number of aliphatic hydroxyl groups excluding tert-OH is 1. The van der Waals surface area contributed by atoms with E-state index in [2.05, 4.69) is 225 Å². The lowest BCUT2D eigenvalue weighted by Crippen LogP contribution is -2.10. The Bertz CT molecular complexity index is 2580. The van der Waals surface area contributed by atoms with Crippen LogP contribution in [0.4, 0.5) is 17.1 Å². The molecule has 2 nitrogen and oxygen atoms in total. The minimum atomic E-state index is 0.000276. The van der Waals surface area contributed by atoms with Crippen LogP contribution in [0.3, 0.4) is 0 Å². The van der Waals surface area contributed by atoms with E-state index in [4.69, 9.17) is 0 Å². The first kappa shape index (κ1) is 36.9. The highest BCUT2D eigenvalue weighted by molar-refractivity contribution is 6.03. The molecule has 0 aliphatic carbocycles. The monoisotopic (exact) mass is 735 g/mol. The van der Waals surface area contributed by atoms with Gasteiger partial charge in [0.1, 0.15) is 0 Å². The van der Waals surface area contributed by atoms with E-state index in [1.807, 2.05) is 12.1 Å². The molecule has 276 valence electrons. The van der Waals surface area contributed by atoms with Gasteiger partial charge in [-0.1, -0.05) is 193 Å². The minimum Gasteiger partial charge on any atom is -0.392 e. The maximum absolute atomic E-state index is 9.87. The van der Waals surface area contributed by atoms with Gasteiger partial charge < -0.3 is 10.0 Å². The van der Waals surface area contributed by atoms with Crippen molar-refractivity contribution in [1.29, 1.82) is 0 Å². The zero-order valence-corrected chi connectivity index (χ0v) is 32.4. The fourth-order valence-corrected chi connectivity index (χ4v) is 7.35. The van der Waals surface area contributed by atoms with E-state index >= 15 is 0 Å². The third-order valence-electron chi connectivity index (χ3n) is 10.4. The highest BCUT2D eigenvalue weighted by atomic mass is 16.3. The van der Waals surface area contributed by atoms with Gasteiger partial charge in [-0.2, -0.15) is 0 Å². The van der Waals surface area contributed by atoms with Crippen molar-refractivity contribution in [3.05, 3.63) is 256 Å². The number of hydrogen-bond donors (Lipinski definition) is 1. The quantitative estimate of drug-likeness (QED) is 0.106. The van der Waals surface area contributed by atoms with Gasteiger partial charge in [0.05, 0.1) is 12.3 Å². The van der Waals surface area contributed by atoms with E-state index in [0.29, 0.717) is 0 Å². The molecule has 0 spiro atoms. The normalized spacial score (nSPS) is 11.1. The van der Waals surface area contributed by atoms with E-state index in [9.17, 15) is 5.11 Å². The lowest BCUT2D eigenvalue weighted by Gasteiger charge is -2.27. The van der Waals surface area contributed by atoms with E-state index in [-0.39, 0.29) is 6.61 Å². The summed E-state index contributed by atoms with van der Waals surface area (Å²) >= 11 is 0. The smallest absolute Gasteiger partial charge is 0.0681 e. The van der Waals surface area contributed by atoms with Crippen molar-refractivity contribution in [2.45, 2.75) is 20.5 Å². The molecule has 57 heavy (non-hydrogen) atoms. The van der Waals surface area contributed by atoms with Crippen molar-refractivity contribution in [3.63, 3.8) is 0 Å². The third kappa shape index (κ3) is 8.48. The molecule has 0 aliphatic rings. The zero-order chi connectivity index (χ0) is 39.0. The van der Waals surface area contributed by atoms with E-state index in [1.165, 1.54) is 44.5 Å². The second-order valence-corrected chi connectivity index (χ2v) is 14.4. The summed E-state index contributed by atoms with van der Waals surface area (Å²) in [6.45, 7) is 4.25. The average molecular weight is 736 g/mol. The van der Waals surface area contributed by atoms with Gasteiger partial charge in [-0.3, -0.25) is 0 Å². The first-order chi connectivity index (χ1) is 28.0. The lowest BCUT2D eigenvalue weighted by molar-refractivity contribution is 0.282. The maximum atomic E-state index is 9.87. The largest absolute Gasteiger partial charge is 0.392 e. The Morgan fingerprint density at radius 2 is 0.965 bits per heavy atom. The highest BCUT2D eigenvalue weighted by Gasteiger charge is 2.17. The second-order valence-electron chi connectivity index (χ2n) is 14.4. The van der Waals surface area contributed by atoms with Gasteiger partial charge >= 0.3 is 0 Å². The number of rotatable bonds is 11. The number of allylic oxidation sites excluding steroid dienone is 2. The predicted octanol–water partition coefficient (Wildman–Crippen LogP) is 14.2. The molecular formula is C55H45NO. The van der Waals surface area contributed by atoms with Crippen molar-refractivity contribution < 1.29 is 5.11 Å². The summed E-state index contributed by atoms with van der Waals surface area (Å²) in [5.41, 5.74) is 15.9. The molecule has 0 aromatic heterocycles. The van der Waals surface area contributed by atoms with Gasteiger partial charge in [0.15, 0.2) is 0 Å². The van der Waals surface area contributed by atoms with Crippen molar-refractivity contribution in [3.8, 4) is 0 Å². The van der Waals surface area contributed by atoms with Crippen LogP contribution in [0.5, 0.6) is 0 Å². The molecule has 0 aliphatic heterocycles. The molecule has 0 saturated carbocycles. The first-order valence-electron chi connectivity index (χ1n) is 19.5. The number of hydrogen-bond acceptors (Lipinski definition) is 2. The van der Waals surface area contributed by atoms with Gasteiger partial charge in [-0.05, 0) is 106 Å². The second kappa shape index (κ2) is 17.2. The maximum Gasteiger partial charge on any atom is 0.0681 e. The Hall–Kier alpha value is -7.00. The van der Waals surface area contributed by atoms with Crippen LogP contribution in [0, 0.1) is 13.8 Å². The first-order valence-corrected chi connectivity index (χ1v) is 19.5. The molecule has 0 amide bonds. The zero-order valence-electron chi connectivity index (χ0n) is 32.4. The number of benzene rings is 8. The van der Waals surface area contributed by atoms with E-state index < -0.39 is 0 Å². The molecule has 8 aromatic carbocycles. The summed E-state index contributed by atoms with van der Waals surface area (Å²) in [4.78, 5) is 2.31. The number of fused-ring (bicyclic) bond motifs is 1. The van der Waals surface area contributed by atoms with Crippen LogP contribution in [0.15, 0.2) is 206 Å². The molecule has 0 radical (unpaired) electrons. The molecule has 8 aromatic rings. The summed E-state index contributed by atoms with van der Waals surface area (Å²) in [7, 11) is 0. The van der Waals surface area contributed by atoms with Crippen molar-refractivity contribution in [1.82, 2.24) is 0 Å². The molecule has 0 saturated heterocycles. The molecule has 0 bridgehead atoms. The fourth-order valence-electron chi connectivity index (χ4n) is 7.35.